The molecule has 0 atom stereocenters. The Hall–Kier alpha value is -1.19. The summed E-state index contributed by atoms with van der Waals surface area (Å²) in [5, 5.41) is 7.36. The molecule has 1 aromatic heterocycles. The first-order valence-electron chi connectivity index (χ1n) is 7.36. The van der Waals surface area contributed by atoms with Gasteiger partial charge in [0.05, 0.1) is 10.8 Å². The van der Waals surface area contributed by atoms with Crippen molar-refractivity contribution < 1.29 is 8.42 Å². The SMILES string of the molecule is CCc1cnc(CCNC(=NC)NCCNS(=O)(=O)CC)s1. The fourth-order valence-electron chi connectivity index (χ4n) is 1.63. The van der Waals surface area contributed by atoms with Crippen molar-refractivity contribution in [2.45, 2.75) is 26.7 Å². The van der Waals surface area contributed by atoms with E-state index in [0.717, 1.165) is 24.4 Å². The summed E-state index contributed by atoms with van der Waals surface area (Å²) >= 11 is 1.73. The maximum atomic E-state index is 11.3. The summed E-state index contributed by atoms with van der Waals surface area (Å²) in [5.74, 6) is 0.746. The van der Waals surface area contributed by atoms with Crippen LogP contribution >= 0.6 is 11.3 Å². The molecule has 0 saturated carbocycles. The zero-order valence-electron chi connectivity index (χ0n) is 13.3. The summed E-state index contributed by atoms with van der Waals surface area (Å²) in [4.78, 5) is 9.75. The molecule has 0 aliphatic heterocycles. The minimum absolute atomic E-state index is 0.0908. The third kappa shape index (κ3) is 7.19. The minimum Gasteiger partial charge on any atom is -0.356 e. The van der Waals surface area contributed by atoms with E-state index in [9.17, 15) is 8.42 Å². The Labute approximate surface area is 136 Å². The number of thiazole rings is 1. The zero-order chi connectivity index (χ0) is 16.4. The van der Waals surface area contributed by atoms with Crippen molar-refractivity contribution in [3.63, 3.8) is 0 Å². The molecule has 1 rings (SSSR count). The molecule has 0 spiro atoms. The highest BCUT2D eigenvalue weighted by molar-refractivity contribution is 7.89. The van der Waals surface area contributed by atoms with E-state index in [1.165, 1.54) is 4.88 Å². The van der Waals surface area contributed by atoms with Gasteiger partial charge in [-0.3, -0.25) is 4.99 Å². The number of aromatic nitrogens is 1. The van der Waals surface area contributed by atoms with Crippen LogP contribution in [0.25, 0.3) is 0 Å². The van der Waals surface area contributed by atoms with Crippen LogP contribution in [0.3, 0.4) is 0 Å². The summed E-state index contributed by atoms with van der Waals surface area (Å²) in [6, 6.07) is 0. The number of aryl methyl sites for hydroxylation is 1. The van der Waals surface area contributed by atoms with Gasteiger partial charge in [-0.15, -0.1) is 11.3 Å². The molecule has 9 heteroatoms. The number of guanidine groups is 1. The van der Waals surface area contributed by atoms with Gasteiger partial charge in [0, 0.05) is 44.2 Å². The van der Waals surface area contributed by atoms with Crippen LogP contribution in [0, 0.1) is 0 Å². The minimum atomic E-state index is -3.13. The Morgan fingerprint density at radius 2 is 2.00 bits per heavy atom. The molecule has 22 heavy (non-hydrogen) atoms. The lowest BCUT2D eigenvalue weighted by Gasteiger charge is -2.11. The summed E-state index contributed by atoms with van der Waals surface area (Å²) in [6.45, 7) is 5.28. The molecule has 0 saturated heterocycles. The highest BCUT2D eigenvalue weighted by Crippen LogP contribution is 2.13. The normalized spacial score (nSPS) is 12.4. The number of sulfonamides is 1. The Kier molecular flexibility index (Phi) is 8.36. The van der Waals surface area contributed by atoms with Crippen molar-refractivity contribution in [3.05, 3.63) is 16.1 Å². The predicted octanol–water partition coefficient (Wildman–Crippen LogP) is 0.352. The van der Waals surface area contributed by atoms with Crippen LogP contribution < -0.4 is 15.4 Å². The maximum Gasteiger partial charge on any atom is 0.211 e. The molecule has 0 amide bonds. The number of rotatable bonds is 9. The number of hydrogen-bond donors (Lipinski definition) is 3. The molecule has 0 bridgehead atoms. The highest BCUT2D eigenvalue weighted by Gasteiger charge is 2.05. The molecular weight excluding hydrogens is 322 g/mol. The first kappa shape index (κ1) is 18.9. The second-order valence-corrected chi connectivity index (χ2v) is 7.84. The molecule has 0 fully saturated rings. The predicted molar refractivity (Wildman–Crippen MR) is 92.0 cm³/mol. The average molecular weight is 348 g/mol. The van der Waals surface area contributed by atoms with Gasteiger partial charge in [0.25, 0.3) is 0 Å². The monoisotopic (exact) mass is 347 g/mol. The molecule has 0 unspecified atom stereocenters. The third-order valence-corrected chi connectivity index (χ3v) is 5.53. The van der Waals surface area contributed by atoms with Crippen molar-refractivity contribution in [1.82, 2.24) is 20.3 Å². The van der Waals surface area contributed by atoms with Gasteiger partial charge in [0.1, 0.15) is 0 Å². The lowest BCUT2D eigenvalue weighted by molar-refractivity contribution is 0.582. The molecule has 0 aliphatic rings. The van der Waals surface area contributed by atoms with Gasteiger partial charge >= 0.3 is 0 Å². The fraction of sp³-hybridized carbons (Fsp3) is 0.692. The average Bonchev–Trinajstić information content (AvgIpc) is 2.97. The molecule has 0 aromatic carbocycles. The van der Waals surface area contributed by atoms with Gasteiger partial charge < -0.3 is 10.6 Å². The standard InChI is InChI=1S/C13H25N5O2S2/c1-4-11-10-17-12(21-11)6-7-15-13(14-3)16-8-9-18-22(19,20)5-2/h10,18H,4-9H2,1-3H3,(H2,14,15,16). The Balaban J connectivity index is 2.22. The van der Waals surface area contributed by atoms with Crippen LogP contribution in [0.2, 0.25) is 0 Å². The van der Waals surface area contributed by atoms with E-state index in [1.54, 1.807) is 25.3 Å². The third-order valence-electron chi connectivity index (χ3n) is 2.92. The van der Waals surface area contributed by atoms with E-state index in [2.05, 4.69) is 32.3 Å². The summed E-state index contributed by atoms with van der Waals surface area (Å²) in [5.41, 5.74) is 0. The van der Waals surface area contributed by atoms with Gasteiger partial charge in [0.2, 0.25) is 10.0 Å². The highest BCUT2D eigenvalue weighted by atomic mass is 32.2. The van der Waals surface area contributed by atoms with Crippen LogP contribution in [0.1, 0.15) is 23.7 Å². The lowest BCUT2D eigenvalue weighted by atomic mass is 10.4. The molecule has 7 nitrogen and oxygen atoms in total. The summed E-state index contributed by atoms with van der Waals surface area (Å²) in [6.07, 6.45) is 3.78. The molecular formula is C13H25N5O2S2. The van der Waals surface area contributed by atoms with Crippen LogP contribution in [0.4, 0.5) is 0 Å². The largest absolute Gasteiger partial charge is 0.356 e. The van der Waals surface area contributed by atoms with Crippen molar-refractivity contribution >= 4 is 27.3 Å². The topological polar surface area (TPSA) is 95.5 Å². The van der Waals surface area contributed by atoms with E-state index in [1.807, 2.05) is 6.20 Å². The molecule has 0 radical (unpaired) electrons. The fourth-order valence-corrected chi connectivity index (χ4v) is 3.10. The maximum absolute atomic E-state index is 11.3. The number of hydrogen-bond acceptors (Lipinski definition) is 5. The number of nitrogens with one attached hydrogen (secondary N) is 3. The second kappa shape index (κ2) is 9.75. The van der Waals surface area contributed by atoms with Crippen molar-refractivity contribution in [2.24, 2.45) is 4.99 Å². The van der Waals surface area contributed by atoms with Gasteiger partial charge in [-0.05, 0) is 13.3 Å². The quantitative estimate of drug-likeness (QED) is 0.340. The van der Waals surface area contributed by atoms with E-state index in [-0.39, 0.29) is 5.75 Å². The first-order chi connectivity index (χ1) is 10.5. The van der Waals surface area contributed by atoms with Crippen molar-refractivity contribution in [3.8, 4) is 0 Å². The first-order valence-corrected chi connectivity index (χ1v) is 9.83. The smallest absolute Gasteiger partial charge is 0.211 e. The van der Waals surface area contributed by atoms with Gasteiger partial charge in [-0.25, -0.2) is 18.1 Å². The van der Waals surface area contributed by atoms with Crippen molar-refractivity contribution in [2.75, 3.05) is 32.4 Å². The Bertz CT molecular complexity index is 569. The molecule has 0 aliphatic carbocycles. The number of aliphatic imine (C=N–C) groups is 1. The van der Waals surface area contributed by atoms with Crippen LogP contribution in [-0.4, -0.2) is 51.8 Å². The van der Waals surface area contributed by atoms with Gasteiger partial charge in [-0.1, -0.05) is 6.92 Å². The van der Waals surface area contributed by atoms with E-state index >= 15 is 0 Å². The van der Waals surface area contributed by atoms with E-state index in [4.69, 9.17) is 0 Å². The Morgan fingerprint density at radius 3 is 2.59 bits per heavy atom. The summed E-state index contributed by atoms with van der Waals surface area (Å²) in [7, 11) is -1.45. The van der Waals surface area contributed by atoms with Crippen LogP contribution in [0.5, 0.6) is 0 Å². The second-order valence-electron chi connectivity index (χ2n) is 4.55. The van der Waals surface area contributed by atoms with Crippen LogP contribution in [-0.2, 0) is 22.9 Å². The Morgan fingerprint density at radius 1 is 1.27 bits per heavy atom. The lowest BCUT2D eigenvalue weighted by Crippen LogP contribution is -2.42. The molecule has 1 aromatic rings. The molecule has 1 heterocycles. The summed E-state index contributed by atoms with van der Waals surface area (Å²) < 4.78 is 25.1. The van der Waals surface area contributed by atoms with Gasteiger partial charge in [-0.2, -0.15) is 0 Å². The van der Waals surface area contributed by atoms with E-state index in [0.29, 0.717) is 19.0 Å². The molecule has 3 N–H and O–H groups in total. The van der Waals surface area contributed by atoms with Gasteiger partial charge in [0.15, 0.2) is 5.96 Å². The number of nitrogens with zero attached hydrogens (tertiary/aromatic N) is 2. The molecule has 126 valence electrons. The van der Waals surface area contributed by atoms with Crippen molar-refractivity contribution in [1.29, 1.82) is 0 Å². The zero-order valence-corrected chi connectivity index (χ0v) is 15.0. The van der Waals surface area contributed by atoms with Crippen LogP contribution in [0.15, 0.2) is 11.2 Å². The van der Waals surface area contributed by atoms with E-state index < -0.39 is 10.0 Å².